The molecule has 0 spiro atoms. The summed E-state index contributed by atoms with van der Waals surface area (Å²) in [6, 6.07) is 2.56. The second-order valence-corrected chi connectivity index (χ2v) is 4.90. The van der Waals surface area contributed by atoms with E-state index < -0.39 is 26.3 Å². The maximum atomic E-state index is 12.2. The van der Waals surface area contributed by atoms with Crippen molar-refractivity contribution in [1.82, 2.24) is 0 Å². The van der Waals surface area contributed by atoms with Crippen LogP contribution in [0.1, 0.15) is 0 Å². The molecule has 0 aliphatic heterocycles. The van der Waals surface area contributed by atoms with Crippen molar-refractivity contribution in [2.75, 3.05) is 5.32 Å². The third-order valence-corrected chi connectivity index (χ3v) is 3.24. The molecular weight excluding hydrogens is 261 g/mol. The van der Waals surface area contributed by atoms with Gasteiger partial charge >= 0.3 is 11.5 Å². The number of urea groups is 1. The lowest BCUT2D eigenvalue weighted by Crippen LogP contribution is -2.23. The van der Waals surface area contributed by atoms with Crippen LogP contribution in [0, 0.1) is 0 Å². The largest absolute Gasteiger partial charge is 0.501 e. The zero-order valence-corrected chi connectivity index (χ0v) is 8.97. The fourth-order valence-electron chi connectivity index (χ4n) is 0.993. The number of primary amides is 1. The van der Waals surface area contributed by atoms with Gasteiger partial charge in [-0.15, -0.1) is 0 Å². The van der Waals surface area contributed by atoms with Crippen molar-refractivity contribution in [3.63, 3.8) is 0 Å². The van der Waals surface area contributed by atoms with Gasteiger partial charge in [-0.25, -0.2) is 13.2 Å². The first kappa shape index (κ1) is 13.3. The number of alkyl halides is 3. The van der Waals surface area contributed by atoms with E-state index >= 15 is 0 Å². The van der Waals surface area contributed by atoms with E-state index in [1.165, 1.54) is 0 Å². The molecule has 9 heteroatoms. The van der Waals surface area contributed by atoms with Crippen LogP contribution in [-0.2, 0) is 9.84 Å². The van der Waals surface area contributed by atoms with Gasteiger partial charge in [-0.1, -0.05) is 0 Å². The van der Waals surface area contributed by atoms with Crippen LogP contribution in [0.5, 0.6) is 0 Å². The van der Waals surface area contributed by atoms with Crippen molar-refractivity contribution < 1.29 is 26.4 Å². The molecule has 0 heterocycles. The summed E-state index contributed by atoms with van der Waals surface area (Å²) < 4.78 is 58.4. The van der Waals surface area contributed by atoms with Gasteiger partial charge in [0.05, 0.1) is 4.90 Å². The van der Waals surface area contributed by atoms with Gasteiger partial charge in [0.1, 0.15) is 0 Å². The average Bonchev–Trinajstić information content (AvgIpc) is 2.15. The third kappa shape index (κ3) is 2.87. The first-order valence-corrected chi connectivity index (χ1v) is 5.61. The van der Waals surface area contributed by atoms with Crippen LogP contribution in [-0.4, -0.2) is 20.0 Å². The van der Waals surface area contributed by atoms with Crippen LogP contribution in [0.3, 0.4) is 0 Å². The molecular formula is C8H7F3N2O3S. The number of hydrogen-bond acceptors (Lipinski definition) is 3. The minimum Gasteiger partial charge on any atom is -0.351 e. The molecule has 0 bridgehead atoms. The summed E-state index contributed by atoms with van der Waals surface area (Å²) in [6.45, 7) is 0. The minimum absolute atomic E-state index is 0.0959. The number of carbonyl (C=O) groups is 1. The van der Waals surface area contributed by atoms with Gasteiger partial charge in [0.25, 0.3) is 9.84 Å². The second kappa shape index (κ2) is 4.24. The zero-order valence-electron chi connectivity index (χ0n) is 8.15. The van der Waals surface area contributed by atoms with Crippen molar-refractivity contribution in [2.24, 2.45) is 5.73 Å². The molecule has 1 rings (SSSR count). The Labute approximate surface area is 94.3 Å². The topological polar surface area (TPSA) is 89.3 Å². The van der Waals surface area contributed by atoms with Gasteiger partial charge in [-0.05, 0) is 24.3 Å². The second-order valence-electron chi connectivity index (χ2n) is 2.96. The van der Waals surface area contributed by atoms with E-state index in [0.717, 1.165) is 24.3 Å². The Kier molecular flexibility index (Phi) is 3.32. The van der Waals surface area contributed by atoms with Crippen molar-refractivity contribution in [3.8, 4) is 0 Å². The molecule has 94 valence electrons. The number of hydrogen-bond donors (Lipinski definition) is 2. The number of halogens is 3. The van der Waals surface area contributed by atoms with Gasteiger partial charge in [0.15, 0.2) is 0 Å². The predicted molar refractivity (Wildman–Crippen MR) is 52.9 cm³/mol. The smallest absolute Gasteiger partial charge is 0.351 e. The highest BCUT2D eigenvalue weighted by Crippen LogP contribution is 2.30. The standard InChI is InChI=1S/C8H7F3N2O3S/c9-8(10,11)17(15,16)6-3-1-5(2-4-6)13-7(12)14/h1-4H,(H3,12,13,14). The highest BCUT2D eigenvalue weighted by Gasteiger charge is 2.46. The van der Waals surface area contributed by atoms with Crippen molar-refractivity contribution in [1.29, 1.82) is 0 Å². The molecule has 0 aliphatic rings. The van der Waals surface area contributed by atoms with E-state index in [0.29, 0.717) is 0 Å². The van der Waals surface area contributed by atoms with Crippen molar-refractivity contribution in [3.05, 3.63) is 24.3 Å². The Morgan fingerprint density at radius 2 is 1.65 bits per heavy atom. The minimum atomic E-state index is -5.37. The molecule has 0 fully saturated rings. The molecule has 1 aromatic rings. The van der Waals surface area contributed by atoms with Crippen molar-refractivity contribution >= 4 is 21.6 Å². The van der Waals surface area contributed by atoms with Gasteiger partial charge in [0.2, 0.25) is 0 Å². The van der Waals surface area contributed by atoms with E-state index in [9.17, 15) is 26.4 Å². The number of nitrogens with two attached hydrogens (primary N) is 1. The molecule has 2 amide bonds. The average molecular weight is 268 g/mol. The summed E-state index contributed by atoms with van der Waals surface area (Å²) in [6.07, 6.45) is 0. The normalized spacial score (nSPS) is 12.2. The Bertz CT molecular complexity index is 522. The molecule has 0 radical (unpaired) electrons. The number of sulfone groups is 1. The summed E-state index contributed by atoms with van der Waals surface area (Å²) in [4.78, 5) is 9.52. The first-order valence-electron chi connectivity index (χ1n) is 4.12. The predicted octanol–water partition coefficient (Wildman–Crippen LogP) is 1.47. The molecule has 0 aliphatic carbocycles. The van der Waals surface area contributed by atoms with E-state index in [4.69, 9.17) is 5.73 Å². The number of anilines is 1. The molecule has 0 aromatic heterocycles. The Balaban J connectivity index is 3.08. The summed E-state index contributed by atoms with van der Waals surface area (Å²) >= 11 is 0. The van der Waals surface area contributed by atoms with Crippen LogP contribution in [0.4, 0.5) is 23.7 Å². The highest BCUT2D eigenvalue weighted by molar-refractivity contribution is 7.92. The van der Waals surface area contributed by atoms with Crippen LogP contribution in [0.2, 0.25) is 0 Å². The quantitative estimate of drug-likeness (QED) is 0.851. The summed E-state index contributed by atoms with van der Waals surface area (Å²) in [5, 5.41) is 2.08. The lowest BCUT2D eigenvalue weighted by molar-refractivity contribution is -0.0436. The number of amides is 2. The monoisotopic (exact) mass is 268 g/mol. The van der Waals surface area contributed by atoms with E-state index in [-0.39, 0.29) is 5.69 Å². The lowest BCUT2D eigenvalue weighted by Gasteiger charge is -2.08. The summed E-state index contributed by atoms with van der Waals surface area (Å²) in [7, 11) is -5.37. The highest BCUT2D eigenvalue weighted by atomic mass is 32.2. The molecule has 3 N–H and O–H groups in total. The third-order valence-electron chi connectivity index (χ3n) is 1.74. The van der Waals surface area contributed by atoms with E-state index in [1.807, 2.05) is 0 Å². The van der Waals surface area contributed by atoms with Crippen LogP contribution >= 0.6 is 0 Å². The van der Waals surface area contributed by atoms with Crippen LogP contribution < -0.4 is 11.1 Å². The number of benzene rings is 1. The molecule has 0 atom stereocenters. The van der Waals surface area contributed by atoms with Crippen LogP contribution in [0.15, 0.2) is 29.2 Å². The Morgan fingerprint density at radius 1 is 1.18 bits per heavy atom. The number of rotatable bonds is 2. The van der Waals surface area contributed by atoms with Crippen molar-refractivity contribution in [2.45, 2.75) is 10.4 Å². The van der Waals surface area contributed by atoms with E-state index in [1.54, 1.807) is 0 Å². The number of nitrogens with one attached hydrogen (secondary N) is 1. The van der Waals surface area contributed by atoms with Crippen LogP contribution in [0.25, 0.3) is 0 Å². The molecule has 0 unspecified atom stereocenters. The maximum absolute atomic E-state index is 12.2. The summed E-state index contributed by atoms with van der Waals surface area (Å²) in [5.41, 5.74) is -0.490. The lowest BCUT2D eigenvalue weighted by atomic mass is 10.3. The van der Waals surface area contributed by atoms with E-state index in [2.05, 4.69) is 5.32 Å². The van der Waals surface area contributed by atoms with Gasteiger partial charge in [-0.3, -0.25) is 0 Å². The Morgan fingerprint density at radius 3 is 2.00 bits per heavy atom. The molecule has 0 saturated carbocycles. The fraction of sp³-hybridized carbons (Fsp3) is 0.125. The SMILES string of the molecule is NC(=O)Nc1ccc(S(=O)(=O)C(F)(F)F)cc1. The molecule has 1 aromatic carbocycles. The zero-order chi connectivity index (χ0) is 13.3. The first-order chi connectivity index (χ1) is 7.64. The van der Waals surface area contributed by atoms with Gasteiger partial charge < -0.3 is 11.1 Å². The molecule has 5 nitrogen and oxygen atoms in total. The van der Waals surface area contributed by atoms with Gasteiger partial charge in [-0.2, -0.15) is 13.2 Å². The maximum Gasteiger partial charge on any atom is 0.501 e. The molecule has 0 saturated heterocycles. The number of carbonyl (C=O) groups excluding carboxylic acids is 1. The molecule has 17 heavy (non-hydrogen) atoms. The van der Waals surface area contributed by atoms with Gasteiger partial charge in [0, 0.05) is 5.69 Å². The summed E-state index contributed by atoms with van der Waals surface area (Å²) in [5.74, 6) is 0. The Hall–Kier alpha value is -1.77. The fourth-order valence-corrected chi connectivity index (χ4v) is 1.75.